The van der Waals surface area contributed by atoms with Crippen molar-refractivity contribution in [1.82, 2.24) is 5.32 Å². The van der Waals surface area contributed by atoms with Gasteiger partial charge < -0.3 is 15.8 Å². The van der Waals surface area contributed by atoms with Crippen molar-refractivity contribution in [2.24, 2.45) is 11.7 Å². The predicted molar refractivity (Wildman–Crippen MR) is 71.8 cm³/mol. The number of nitrogens with one attached hydrogen (secondary N) is 1. The molecule has 5 heteroatoms. The largest absolute Gasteiger partial charge is 0.393 e. The Hall–Kier alpha value is -0.680. The quantitative estimate of drug-likeness (QED) is 0.510. The van der Waals surface area contributed by atoms with E-state index in [4.69, 9.17) is 22.7 Å². The molecule has 0 heterocycles. The molecule has 0 aromatic rings. The molecule has 0 saturated heterocycles. The van der Waals surface area contributed by atoms with E-state index in [2.05, 4.69) is 5.32 Å². The van der Waals surface area contributed by atoms with E-state index >= 15 is 0 Å². The van der Waals surface area contributed by atoms with Gasteiger partial charge >= 0.3 is 0 Å². The molecule has 0 unspecified atom stereocenters. The third-order valence-corrected chi connectivity index (χ3v) is 3.20. The Bertz CT molecular complexity index is 265. The van der Waals surface area contributed by atoms with Gasteiger partial charge in [-0.15, -0.1) is 0 Å². The molecule has 0 bridgehead atoms. The van der Waals surface area contributed by atoms with E-state index in [0.29, 0.717) is 36.4 Å². The first-order valence-electron chi connectivity index (χ1n) is 6.28. The standard InChI is InChI=1S/C12H22N2O2S/c1-2-16-10-6-9(7-10)8-12(15)14-5-3-4-11(13)17/h9-10H,2-8H2,1H3,(H2,13,17)(H,14,15). The van der Waals surface area contributed by atoms with E-state index in [1.54, 1.807) is 0 Å². The molecule has 4 nitrogen and oxygen atoms in total. The molecule has 17 heavy (non-hydrogen) atoms. The van der Waals surface area contributed by atoms with Crippen LogP contribution in [0.5, 0.6) is 0 Å². The van der Waals surface area contributed by atoms with Crippen LogP contribution in [0.15, 0.2) is 0 Å². The maximum atomic E-state index is 11.5. The van der Waals surface area contributed by atoms with Crippen molar-refractivity contribution in [2.75, 3.05) is 13.2 Å². The lowest BCUT2D eigenvalue weighted by Crippen LogP contribution is -2.36. The van der Waals surface area contributed by atoms with Crippen molar-refractivity contribution in [2.45, 2.75) is 45.1 Å². The van der Waals surface area contributed by atoms with Gasteiger partial charge in [0.15, 0.2) is 0 Å². The van der Waals surface area contributed by atoms with E-state index in [0.717, 1.165) is 25.9 Å². The fourth-order valence-electron chi connectivity index (χ4n) is 2.04. The van der Waals surface area contributed by atoms with Gasteiger partial charge in [-0.2, -0.15) is 0 Å². The molecule has 1 amide bonds. The van der Waals surface area contributed by atoms with Crippen molar-refractivity contribution in [3.63, 3.8) is 0 Å². The summed E-state index contributed by atoms with van der Waals surface area (Å²) in [6.07, 6.45) is 4.57. The summed E-state index contributed by atoms with van der Waals surface area (Å²) in [6, 6.07) is 0. The zero-order chi connectivity index (χ0) is 12.7. The lowest BCUT2D eigenvalue weighted by Gasteiger charge is -2.34. The highest BCUT2D eigenvalue weighted by atomic mass is 32.1. The number of ether oxygens (including phenoxy) is 1. The number of rotatable bonds is 8. The van der Waals surface area contributed by atoms with Crippen LogP contribution in [0.25, 0.3) is 0 Å². The topological polar surface area (TPSA) is 64.3 Å². The van der Waals surface area contributed by atoms with Crippen LogP contribution in [0.3, 0.4) is 0 Å². The van der Waals surface area contributed by atoms with Crippen LogP contribution in [0.1, 0.15) is 39.0 Å². The van der Waals surface area contributed by atoms with Crippen LogP contribution in [0, 0.1) is 5.92 Å². The summed E-state index contributed by atoms with van der Waals surface area (Å²) in [5.41, 5.74) is 5.37. The number of hydrogen-bond donors (Lipinski definition) is 2. The van der Waals surface area contributed by atoms with Gasteiger partial charge in [-0.3, -0.25) is 4.79 Å². The summed E-state index contributed by atoms with van der Waals surface area (Å²) in [6.45, 7) is 3.43. The third kappa shape index (κ3) is 5.98. The average Bonchev–Trinajstić information content (AvgIpc) is 2.21. The minimum atomic E-state index is 0.132. The molecule has 1 rings (SSSR count). The summed E-state index contributed by atoms with van der Waals surface area (Å²) in [5.74, 6) is 0.634. The second-order valence-electron chi connectivity index (χ2n) is 4.54. The number of hydrogen-bond acceptors (Lipinski definition) is 3. The van der Waals surface area contributed by atoms with Crippen molar-refractivity contribution in [3.8, 4) is 0 Å². The Morgan fingerprint density at radius 2 is 2.24 bits per heavy atom. The minimum Gasteiger partial charge on any atom is -0.393 e. The van der Waals surface area contributed by atoms with Crippen LogP contribution in [0.2, 0.25) is 0 Å². The van der Waals surface area contributed by atoms with E-state index in [9.17, 15) is 4.79 Å². The molecular weight excluding hydrogens is 236 g/mol. The molecule has 0 atom stereocenters. The lowest BCUT2D eigenvalue weighted by atomic mass is 9.80. The second-order valence-corrected chi connectivity index (χ2v) is 5.06. The normalized spacial score (nSPS) is 22.9. The maximum Gasteiger partial charge on any atom is 0.220 e. The molecule has 0 spiro atoms. The van der Waals surface area contributed by atoms with Crippen LogP contribution in [0.4, 0.5) is 0 Å². The van der Waals surface area contributed by atoms with Gasteiger partial charge in [0.1, 0.15) is 0 Å². The van der Waals surface area contributed by atoms with Crippen LogP contribution in [-0.2, 0) is 9.53 Å². The fraction of sp³-hybridized carbons (Fsp3) is 0.833. The smallest absolute Gasteiger partial charge is 0.220 e. The molecule has 0 aliphatic heterocycles. The SMILES string of the molecule is CCOC1CC(CC(=O)NCCCC(N)=S)C1. The van der Waals surface area contributed by atoms with Gasteiger partial charge in [-0.05, 0) is 38.5 Å². The van der Waals surface area contributed by atoms with Gasteiger partial charge in [0.25, 0.3) is 0 Å². The summed E-state index contributed by atoms with van der Waals surface area (Å²) in [7, 11) is 0. The molecule has 0 aromatic heterocycles. The first kappa shape index (κ1) is 14.4. The molecule has 1 aliphatic carbocycles. The number of carbonyl (C=O) groups excluding carboxylic acids is 1. The molecular formula is C12H22N2O2S. The highest BCUT2D eigenvalue weighted by Gasteiger charge is 2.30. The van der Waals surface area contributed by atoms with Gasteiger partial charge in [0.05, 0.1) is 11.1 Å². The number of nitrogens with two attached hydrogens (primary N) is 1. The van der Waals surface area contributed by atoms with Crippen molar-refractivity contribution >= 4 is 23.1 Å². The number of carbonyl (C=O) groups is 1. The summed E-state index contributed by atoms with van der Waals surface area (Å²) >= 11 is 4.76. The first-order valence-corrected chi connectivity index (χ1v) is 6.69. The Morgan fingerprint density at radius 3 is 2.82 bits per heavy atom. The molecule has 3 N–H and O–H groups in total. The Kier molecular flexibility index (Phi) is 6.44. The molecule has 1 fully saturated rings. The Morgan fingerprint density at radius 1 is 1.53 bits per heavy atom. The molecule has 1 saturated carbocycles. The second kappa shape index (κ2) is 7.61. The fourth-order valence-corrected chi connectivity index (χ4v) is 2.18. The van der Waals surface area contributed by atoms with Crippen molar-refractivity contribution < 1.29 is 9.53 Å². The average molecular weight is 258 g/mol. The van der Waals surface area contributed by atoms with Crippen molar-refractivity contribution in [1.29, 1.82) is 0 Å². The Balaban J connectivity index is 1.97. The van der Waals surface area contributed by atoms with E-state index in [1.165, 1.54) is 0 Å². The van der Waals surface area contributed by atoms with E-state index in [-0.39, 0.29) is 5.91 Å². The van der Waals surface area contributed by atoms with Gasteiger partial charge in [0, 0.05) is 19.6 Å². The molecule has 1 aliphatic rings. The molecule has 0 radical (unpaired) electrons. The summed E-state index contributed by atoms with van der Waals surface area (Å²) in [4.78, 5) is 12.1. The van der Waals surface area contributed by atoms with Gasteiger partial charge in [-0.1, -0.05) is 12.2 Å². The van der Waals surface area contributed by atoms with Crippen molar-refractivity contribution in [3.05, 3.63) is 0 Å². The molecule has 98 valence electrons. The van der Waals surface area contributed by atoms with Gasteiger partial charge in [0.2, 0.25) is 5.91 Å². The van der Waals surface area contributed by atoms with E-state index in [1.807, 2.05) is 6.92 Å². The number of amides is 1. The van der Waals surface area contributed by atoms with E-state index < -0.39 is 0 Å². The highest BCUT2D eigenvalue weighted by molar-refractivity contribution is 7.80. The zero-order valence-corrected chi connectivity index (χ0v) is 11.2. The summed E-state index contributed by atoms with van der Waals surface area (Å²) in [5, 5.41) is 2.89. The zero-order valence-electron chi connectivity index (χ0n) is 10.4. The lowest BCUT2D eigenvalue weighted by molar-refractivity contribution is -0.124. The highest BCUT2D eigenvalue weighted by Crippen LogP contribution is 2.32. The number of thiocarbonyl (C=S) groups is 1. The van der Waals surface area contributed by atoms with Gasteiger partial charge in [-0.25, -0.2) is 0 Å². The minimum absolute atomic E-state index is 0.132. The van der Waals surface area contributed by atoms with Crippen LogP contribution >= 0.6 is 12.2 Å². The maximum absolute atomic E-state index is 11.5. The van der Waals surface area contributed by atoms with Crippen LogP contribution in [-0.4, -0.2) is 30.2 Å². The third-order valence-electron chi connectivity index (χ3n) is 2.99. The Labute approximate surface area is 108 Å². The summed E-state index contributed by atoms with van der Waals surface area (Å²) < 4.78 is 5.45. The first-order chi connectivity index (χ1) is 8.11. The predicted octanol–water partition coefficient (Wildman–Crippen LogP) is 1.37. The molecule has 0 aromatic carbocycles. The van der Waals surface area contributed by atoms with Crippen LogP contribution < -0.4 is 11.1 Å². The monoisotopic (exact) mass is 258 g/mol.